The predicted molar refractivity (Wildman–Crippen MR) is 70.0 cm³/mol. The zero-order valence-electron chi connectivity index (χ0n) is 12.3. The Kier molecular flexibility index (Phi) is 3.93. The molecule has 1 amide bonds. The van der Waals surface area contributed by atoms with Crippen LogP contribution in [0.25, 0.3) is 0 Å². The third kappa shape index (κ3) is 2.60. The maximum atomic E-state index is 12.3. The smallest absolute Gasteiger partial charge is 0.411 e. The largest absolute Gasteiger partial charge is 0.467 e. The topological polar surface area (TPSA) is 88.1 Å². The van der Waals surface area contributed by atoms with Crippen molar-refractivity contribution in [1.82, 2.24) is 10.2 Å². The predicted octanol–water partition coefficient (Wildman–Crippen LogP) is -0.272. The summed E-state index contributed by atoms with van der Waals surface area (Å²) in [5.41, 5.74) is -0.660. The van der Waals surface area contributed by atoms with E-state index in [-0.39, 0.29) is 12.0 Å². The molecule has 0 unspecified atom stereocenters. The lowest BCUT2D eigenvalue weighted by atomic mass is 9.99. The summed E-state index contributed by atoms with van der Waals surface area (Å²) in [4.78, 5) is 25.5. The van der Waals surface area contributed by atoms with E-state index in [9.17, 15) is 14.7 Å². The summed E-state index contributed by atoms with van der Waals surface area (Å²) < 4.78 is 10.1. The average molecular weight is 286 g/mol. The number of aliphatic hydroxyl groups is 1. The molecule has 7 heteroatoms. The summed E-state index contributed by atoms with van der Waals surface area (Å²) in [6.45, 7) is 6.38. The van der Waals surface area contributed by atoms with Crippen LogP contribution in [-0.2, 0) is 14.3 Å². The number of carbonyl (C=O) groups is 2. The molecule has 0 aliphatic carbocycles. The van der Waals surface area contributed by atoms with Crippen molar-refractivity contribution in [2.45, 2.75) is 44.6 Å². The average Bonchev–Trinajstić information content (AvgIpc) is 2.88. The van der Waals surface area contributed by atoms with Crippen molar-refractivity contribution >= 4 is 12.1 Å². The van der Waals surface area contributed by atoms with Gasteiger partial charge in [-0.3, -0.25) is 4.90 Å². The van der Waals surface area contributed by atoms with Crippen molar-refractivity contribution in [1.29, 1.82) is 0 Å². The van der Waals surface area contributed by atoms with Gasteiger partial charge in [-0.1, -0.05) is 0 Å². The fourth-order valence-electron chi connectivity index (χ4n) is 2.88. The van der Waals surface area contributed by atoms with Gasteiger partial charge in [-0.2, -0.15) is 0 Å². The number of ether oxygens (including phenoxy) is 2. The molecule has 2 aliphatic rings. The molecule has 2 fully saturated rings. The van der Waals surface area contributed by atoms with E-state index in [0.717, 1.165) is 0 Å². The molecule has 0 spiro atoms. The molecule has 0 bridgehead atoms. The number of likely N-dealkylation sites (tertiary alicyclic amines) is 1. The monoisotopic (exact) mass is 286 g/mol. The van der Waals surface area contributed by atoms with Crippen molar-refractivity contribution in [3.8, 4) is 0 Å². The van der Waals surface area contributed by atoms with Gasteiger partial charge in [0.1, 0.15) is 5.60 Å². The van der Waals surface area contributed by atoms with Crippen LogP contribution in [0.3, 0.4) is 0 Å². The van der Waals surface area contributed by atoms with Gasteiger partial charge in [0.25, 0.3) is 0 Å². The number of hydrogen-bond donors (Lipinski definition) is 2. The first-order valence-corrected chi connectivity index (χ1v) is 6.74. The van der Waals surface area contributed by atoms with Gasteiger partial charge in [-0.25, -0.2) is 9.59 Å². The first-order chi connectivity index (χ1) is 9.26. The van der Waals surface area contributed by atoms with Crippen LogP contribution in [0.5, 0.6) is 0 Å². The van der Waals surface area contributed by atoms with Crippen molar-refractivity contribution < 1.29 is 24.2 Å². The molecule has 0 aromatic carbocycles. The van der Waals surface area contributed by atoms with Gasteiger partial charge in [-0.05, 0) is 20.8 Å². The summed E-state index contributed by atoms with van der Waals surface area (Å²) in [5, 5.41) is 13.4. The molecule has 114 valence electrons. The zero-order valence-corrected chi connectivity index (χ0v) is 12.3. The Balaban J connectivity index is 2.25. The number of esters is 1. The van der Waals surface area contributed by atoms with Crippen molar-refractivity contribution in [3.05, 3.63) is 0 Å². The molecule has 0 aromatic rings. The minimum atomic E-state index is -0.994. The normalized spacial score (nSPS) is 33.0. The van der Waals surface area contributed by atoms with Crippen LogP contribution < -0.4 is 5.32 Å². The standard InChI is InChI=1S/C13H22N2O5/c1-13(2,3)20-12(18)15-8-6-14-5-7(8)10(16)9(15)11(17)19-4/h7-10,14,16H,5-6H2,1-4H3/t7-,8+,9-,10-/m0/s1. The zero-order chi connectivity index (χ0) is 15.1. The second kappa shape index (κ2) is 5.21. The number of fused-ring (bicyclic) bond motifs is 1. The third-order valence-corrected chi connectivity index (χ3v) is 3.69. The number of aliphatic hydroxyl groups excluding tert-OH is 1. The number of hydrogen-bond acceptors (Lipinski definition) is 6. The van der Waals surface area contributed by atoms with E-state index in [1.807, 2.05) is 0 Å². The highest BCUT2D eigenvalue weighted by Gasteiger charge is 2.56. The second-order valence-electron chi connectivity index (χ2n) is 6.24. The highest BCUT2D eigenvalue weighted by molar-refractivity contribution is 5.83. The van der Waals surface area contributed by atoms with Gasteiger partial charge < -0.3 is 19.9 Å². The van der Waals surface area contributed by atoms with Crippen LogP contribution in [0.4, 0.5) is 4.79 Å². The number of methoxy groups -OCH3 is 1. The highest BCUT2D eigenvalue weighted by Crippen LogP contribution is 2.34. The first kappa shape index (κ1) is 15.1. The second-order valence-corrected chi connectivity index (χ2v) is 6.24. The van der Waals surface area contributed by atoms with Gasteiger partial charge in [0, 0.05) is 19.0 Å². The Morgan fingerprint density at radius 2 is 1.95 bits per heavy atom. The van der Waals surface area contributed by atoms with Crippen molar-refractivity contribution in [3.63, 3.8) is 0 Å². The molecular weight excluding hydrogens is 264 g/mol. The van der Waals surface area contributed by atoms with E-state index in [1.165, 1.54) is 12.0 Å². The molecule has 2 heterocycles. The summed E-state index contributed by atoms with van der Waals surface area (Å²) in [6.07, 6.45) is -1.53. The molecule has 20 heavy (non-hydrogen) atoms. The van der Waals surface area contributed by atoms with Crippen LogP contribution in [0, 0.1) is 5.92 Å². The molecule has 4 atom stereocenters. The lowest BCUT2D eigenvalue weighted by Crippen LogP contribution is -2.51. The molecular formula is C13H22N2O5. The maximum Gasteiger partial charge on any atom is 0.411 e. The molecule has 0 aromatic heterocycles. The van der Waals surface area contributed by atoms with Crippen LogP contribution in [0.15, 0.2) is 0 Å². The first-order valence-electron chi connectivity index (χ1n) is 6.74. The quantitative estimate of drug-likeness (QED) is 0.645. The van der Waals surface area contributed by atoms with Gasteiger partial charge in [0.05, 0.1) is 19.3 Å². The van der Waals surface area contributed by atoms with Crippen LogP contribution in [0.2, 0.25) is 0 Å². The molecule has 2 rings (SSSR count). The molecule has 2 aliphatic heterocycles. The Morgan fingerprint density at radius 1 is 1.30 bits per heavy atom. The Labute approximate surface area is 118 Å². The minimum Gasteiger partial charge on any atom is -0.467 e. The van der Waals surface area contributed by atoms with Crippen LogP contribution in [0.1, 0.15) is 20.8 Å². The number of carbonyl (C=O) groups excluding carboxylic acids is 2. The molecule has 2 N–H and O–H groups in total. The third-order valence-electron chi connectivity index (χ3n) is 3.69. The fourth-order valence-corrected chi connectivity index (χ4v) is 2.88. The Bertz CT molecular complexity index is 406. The van der Waals surface area contributed by atoms with E-state index in [2.05, 4.69) is 5.32 Å². The van der Waals surface area contributed by atoms with Gasteiger partial charge in [-0.15, -0.1) is 0 Å². The van der Waals surface area contributed by atoms with E-state index in [0.29, 0.717) is 13.1 Å². The van der Waals surface area contributed by atoms with Crippen molar-refractivity contribution in [2.75, 3.05) is 20.2 Å². The van der Waals surface area contributed by atoms with E-state index >= 15 is 0 Å². The summed E-state index contributed by atoms with van der Waals surface area (Å²) in [6, 6.07) is -1.24. The number of nitrogens with zero attached hydrogens (tertiary/aromatic N) is 1. The van der Waals surface area contributed by atoms with Gasteiger partial charge in [0.2, 0.25) is 0 Å². The van der Waals surface area contributed by atoms with E-state index in [4.69, 9.17) is 9.47 Å². The summed E-state index contributed by atoms with van der Waals surface area (Å²) in [7, 11) is 1.24. The van der Waals surface area contributed by atoms with E-state index < -0.39 is 29.8 Å². The van der Waals surface area contributed by atoms with Crippen molar-refractivity contribution in [2.24, 2.45) is 5.92 Å². The number of amides is 1. The highest BCUT2D eigenvalue weighted by atomic mass is 16.6. The maximum absolute atomic E-state index is 12.3. The molecule has 0 saturated carbocycles. The van der Waals surface area contributed by atoms with Crippen LogP contribution in [-0.4, -0.2) is 66.1 Å². The SMILES string of the molecule is COC(=O)[C@@H]1[C@@H](O)[C@H]2CNC[C@H]2N1C(=O)OC(C)(C)C. The molecule has 7 nitrogen and oxygen atoms in total. The van der Waals surface area contributed by atoms with Gasteiger partial charge >= 0.3 is 12.1 Å². The number of rotatable bonds is 1. The van der Waals surface area contributed by atoms with Crippen LogP contribution >= 0.6 is 0 Å². The lowest BCUT2D eigenvalue weighted by Gasteiger charge is -2.31. The Hall–Kier alpha value is -1.34. The Morgan fingerprint density at radius 3 is 2.50 bits per heavy atom. The van der Waals surface area contributed by atoms with E-state index in [1.54, 1.807) is 20.8 Å². The minimum absolute atomic E-state index is 0.174. The van der Waals surface area contributed by atoms with Gasteiger partial charge in [0.15, 0.2) is 6.04 Å². The molecule has 0 radical (unpaired) electrons. The summed E-state index contributed by atoms with van der Waals surface area (Å²) in [5.74, 6) is -0.788. The number of nitrogens with one attached hydrogen (secondary N) is 1. The molecule has 2 saturated heterocycles. The fraction of sp³-hybridized carbons (Fsp3) is 0.846. The lowest BCUT2D eigenvalue weighted by molar-refractivity contribution is -0.149. The summed E-state index contributed by atoms with van der Waals surface area (Å²) >= 11 is 0.